The first-order valence-corrected chi connectivity index (χ1v) is 11.7. The average molecular weight is 492 g/mol. The van der Waals surface area contributed by atoms with Gasteiger partial charge >= 0.3 is 5.97 Å². The summed E-state index contributed by atoms with van der Waals surface area (Å²) < 4.78 is 0. The first kappa shape index (κ1) is 25.5. The second kappa shape index (κ2) is 12.4. The summed E-state index contributed by atoms with van der Waals surface area (Å²) in [5.74, 6) is -1.84. The first-order valence-electron chi connectivity index (χ1n) is 10.8. The van der Waals surface area contributed by atoms with Crippen molar-refractivity contribution in [2.24, 2.45) is 0 Å². The van der Waals surface area contributed by atoms with Crippen LogP contribution in [-0.2, 0) is 19.2 Å². The fourth-order valence-corrected chi connectivity index (χ4v) is 4.26. The van der Waals surface area contributed by atoms with Crippen LogP contribution in [0.5, 0.6) is 0 Å². The molecule has 0 aliphatic carbocycles. The third-order valence-corrected chi connectivity index (χ3v) is 6.00. The van der Waals surface area contributed by atoms with Gasteiger partial charge in [-0.3, -0.25) is 19.2 Å². The maximum atomic E-state index is 13.3. The molecule has 0 saturated heterocycles. The number of carbonyl (C=O) groups is 4. The van der Waals surface area contributed by atoms with E-state index in [1.807, 2.05) is 36.4 Å². The molecule has 0 aliphatic heterocycles. The van der Waals surface area contributed by atoms with Gasteiger partial charge in [-0.05, 0) is 48.0 Å². The molecular formula is C26H25N3O5S. The number of carbonyl (C=O) groups excluding carboxylic acids is 3. The summed E-state index contributed by atoms with van der Waals surface area (Å²) in [7, 11) is 0. The Morgan fingerprint density at radius 2 is 1.43 bits per heavy atom. The van der Waals surface area contributed by atoms with Crippen molar-refractivity contribution in [1.29, 1.82) is 0 Å². The Bertz CT molecular complexity index is 1200. The molecular weight excluding hydrogens is 466 g/mol. The molecule has 0 saturated carbocycles. The molecule has 0 spiro atoms. The highest BCUT2D eigenvalue weighted by Gasteiger charge is 2.22. The van der Waals surface area contributed by atoms with E-state index in [0.717, 1.165) is 10.5 Å². The van der Waals surface area contributed by atoms with Crippen molar-refractivity contribution < 1.29 is 24.3 Å². The van der Waals surface area contributed by atoms with Gasteiger partial charge in [0.15, 0.2) is 0 Å². The lowest BCUT2D eigenvalue weighted by Crippen LogP contribution is -2.19. The Morgan fingerprint density at radius 3 is 2.06 bits per heavy atom. The van der Waals surface area contributed by atoms with E-state index in [-0.39, 0.29) is 24.7 Å². The van der Waals surface area contributed by atoms with Crippen LogP contribution in [0.25, 0.3) is 0 Å². The first-order chi connectivity index (χ1) is 16.8. The van der Waals surface area contributed by atoms with Gasteiger partial charge in [-0.25, -0.2) is 0 Å². The van der Waals surface area contributed by atoms with Crippen molar-refractivity contribution in [2.45, 2.75) is 29.9 Å². The third-order valence-electron chi connectivity index (χ3n) is 4.75. The minimum absolute atomic E-state index is 0.123. The Labute approximate surface area is 207 Å². The van der Waals surface area contributed by atoms with Crippen LogP contribution in [0.2, 0.25) is 0 Å². The van der Waals surface area contributed by atoms with Crippen molar-refractivity contribution in [2.75, 3.05) is 16.0 Å². The Kier molecular flexibility index (Phi) is 9.02. The molecule has 8 nitrogen and oxygen atoms in total. The van der Waals surface area contributed by atoms with E-state index in [1.165, 1.54) is 18.7 Å². The van der Waals surface area contributed by atoms with Gasteiger partial charge in [-0.15, -0.1) is 11.8 Å². The van der Waals surface area contributed by atoms with Gasteiger partial charge in [-0.2, -0.15) is 0 Å². The molecule has 9 heteroatoms. The molecule has 3 amide bonds. The molecule has 0 aliphatic rings. The van der Waals surface area contributed by atoms with Crippen molar-refractivity contribution in [3.63, 3.8) is 0 Å². The molecule has 0 radical (unpaired) electrons. The van der Waals surface area contributed by atoms with Gasteiger partial charge < -0.3 is 21.1 Å². The lowest BCUT2D eigenvalue weighted by atomic mass is 10.1. The number of nitrogens with one attached hydrogen (secondary N) is 3. The highest BCUT2D eigenvalue weighted by atomic mass is 32.2. The molecule has 0 aromatic heterocycles. The van der Waals surface area contributed by atoms with E-state index >= 15 is 0 Å². The van der Waals surface area contributed by atoms with Crippen molar-refractivity contribution in [3.05, 3.63) is 84.4 Å². The molecule has 3 aromatic rings. The molecule has 35 heavy (non-hydrogen) atoms. The number of thioether (sulfide) groups is 1. The van der Waals surface area contributed by atoms with Gasteiger partial charge in [0.2, 0.25) is 17.7 Å². The predicted octanol–water partition coefficient (Wildman–Crippen LogP) is 4.92. The number of carboxylic acid groups (broad SMARTS) is 1. The molecule has 4 N–H and O–H groups in total. The van der Waals surface area contributed by atoms with Gasteiger partial charge in [0.05, 0.1) is 6.42 Å². The topological polar surface area (TPSA) is 125 Å². The van der Waals surface area contributed by atoms with E-state index in [9.17, 15) is 19.2 Å². The standard InChI is InChI=1S/C26H25N3O5S/c1-17(30)27-19-10-12-20(13-11-19)29-26(34)25(18-6-3-2-4-7-18)35-22-9-5-8-21(16-22)28-23(31)14-15-24(32)33/h2-13,16,25H,14-15H2,1H3,(H,27,30)(H,28,31)(H,29,34)(H,32,33). The normalized spacial score (nSPS) is 11.2. The number of benzene rings is 3. The van der Waals surface area contributed by atoms with Crippen LogP contribution in [0.3, 0.4) is 0 Å². The molecule has 0 fully saturated rings. The number of amides is 3. The monoisotopic (exact) mass is 491 g/mol. The Balaban J connectivity index is 1.75. The second-order valence-electron chi connectivity index (χ2n) is 7.63. The summed E-state index contributed by atoms with van der Waals surface area (Å²) >= 11 is 1.33. The number of anilines is 3. The van der Waals surface area contributed by atoms with Crippen molar-refractivity contribution in [3.8, 4) is 0 Å². The van der Waals surface area contributed by atoms with E-state index < -0.39 is 17.1 Å². The minimum atomic E-state index is -1.04. The molecule has 0 bridgehead atoms. The average Bonchev–Trinajstić information content (AvgIpc) is 2.83. The molecule has 0 heterocycles. The zero-order chi connectivity index (χ0) is 25.2. The number of hydrogen-bond donors (Lipinski definition) is 4. The molecule has 3 rings (SSSR count). The second-order valence-corrected chi connectivity index (χ2v) is 8.80. The summed E-state index contributed by atoms with van der Waals surface area (Å²) in [4.78, 5) is 47.9. The van der Waals surface area contributed by atoms with Crippen LogP contribution < -0.4 is 16.0 Å². The van der Waals surface area contributed by atoms with Gasteiger partial charge in [-0.1, -0.05) is 36.4 Å². The van der Waals surface area contributed by atoms with Crippen molar-refractivity contribution in [1.82, 2.24) is 0 Å². The quantitative estimate of drug-likeness (QED) is 0.298. The van der Waals surface area contributed by atoms with Crippen LogP contribution >= 0.6 is 11.8 Å². The van der Waals surface area contributed by atoms with Gasteiger partial charge in [0, 0.05) is 35.3 Å². The van der Waals surface area contributed by atoms with Gasteiger partial charge in [0.1, 0.15) is 5.25 Å². The SMILES string of the molecule is CC(=O)Nc1ccc(NC(=O)C(Sc2cccc(NC(=O)CCC(=O)O)c2)c2ccccc2)cc1. The highest BCUT2D eigenvalue weighted by molar-refractivity contribution is 8.00. The zero-order valence-electron chi connectivity index (χ0n) is 19.0. The Hall–Kier alpha value is -4.11. The predicted molar refractivity (Wildman–Crippen MR) is 136 cm³/mol. The van der Waals surface area contributed by atoms with E-state index in [0.29, 0.717) is 17.1 Å². The summed E-state index contributed by atoms with van der Waals surface area (Å²) in [5, 5.41) is 16.5. The van der Waals surface area contributed by atoms with Crippen LogP contribution in [0.4, 0.5) is 17.1 Å². The minimum Gasteiger partial charge on any atom is -0.481 e. The molecule has 180 valence electrons. The summed E-state index contributed by atoms with van der Waals surface area (Å²) in [5.41, 5.74) is 2.55. The fourth-order valence-electron chi connectivity index (χ4n) is 3.18. The lowest BCUT2D eigenvalue weighted by Gasteiger charge is -2.18. The zero-order valence-corrected chi connectivity index (χ0v) is 19.8. The van der Waals surface area contributed by atoms with Crippen LogP contribution in [0, 0.1) is 0 Å². The maximum Gasteiger partial charge on any atom is 0.303 e. The lowest BCUT2D eigenvalue weighted by molar-refractivity contribution is -0.138. The number of carboxylic acids is 1. The summed E-state index contributed by atoms with van der Waals surface area (Å²) in [6, 6.07) is 23.2. The van der Waals surface area contributed by atoms with E-state index in [1.54, 1.807) is 42.5 Å². The van der Waals surface area contributed by atoms with Crippen LogP contribution in [0.15, 0.2) is 83.8 Å². The highest BCUT2D eigenvalue weighted by Crippen LogP contribution is 2.37. The van der Waals surface area contributed by atoms with E-state index in [2.05, 4.69) is 16.0 Å². The number of aliphatic carboxylic acids is 1. The Morgan fingerprint density at radius 1 is 0.771 bits per heavy atom. The largest absolute Gasteiger partial charge is 0.481 e. The van der Waals surface area contributed by atoms with Crippen LogP contribution in [-0.4, -0.2) is 28.8 Å². The molecule has 3 aromatic carbocycles. The third kappa shape index (κ3) is 8.31. The van der Waals surface area contributed by atoms with Crippen molar-refractivity contribution >= 4 is 52.5 Å². The smallest absolute Gasteiger partial charge is 0.303 e. The maximum absolute atomic E-state index is 13.3. The summed E-state index contributed by atoms with van der Waals surface area (Å²) in [6.07, 6.45) is -0.370. The molecule has 1 unspecified atom stereocenters. The van der Waals surface area contributed by atoms with Crippen LogP contribution in [0.1, 0.15) is 30.6 Å². The fraction of sp³-hybridized carbons (Fsp3) is 0.154. The number of rotatable bonds is 10. The van der Waals surface area contributed by atoms with Gasteiger partial charge in [0.25, 0.3) is 0 Å². The number of hydrogen-bond acceptors (Lipinski definition) is 5. The van der Waals surface area contributed by atoms with E-state index in [4.69, 9.17) is 5.11 Å². The summed E-state index contributed by atoms with van der Waals surface area (Å²) in [6.45, 7) is 1.42. The molecule has 1 atom stereocenters.